The van der Waals surface area contributed by atoms with Gasteiger partial charge in [-0.3, -0.25) is 4.79 Å². The highest BCUT2D eigenvalue weighted by Crippen LogP contribution is 2.31. The molecule has 0 unspecified atom stereocenters. The van der Waals surface area contributed by atoms with Gasteiger partial charge in [-0.25, -0.2) is 4.98 Å². The number of pyridine rings is 1. The third-order valence-corrected chi connectivity index (χ3v) is 6.83. The van der Waals surface area contributed by atoms with Gasteiger partial charge in [-0.15, -0.1) is 0 Å². The molecule has 1 aromatic carbocycles. The van der Waals surface area contributed by atoms with Crippen molar-refractivity contribution in [2.24, 2.45) is 0 Å². The van der Waals surface area contributed by atoms with Crippen molar-refractivity contribution in [3.63, 3.8) is 0 Å². The van der Waals surface area contributed by atoms with Gasteiger partial charge in [0.05, 0.1) is 13.7 Å². The average Bonchev–Trinajstić information content (AvgIpc) is 2.87. The Kier molecular flexibility index (Phi) is 8.40. The number of benzene rings is 1. The lowest BCUT2D eigenvalue weighted by Gasteiger charge is -2.37. The molecule has 2 aliphatic heterocycles. The molecular weight excluding hydrogens is 430 g/mol. The number of nitrogens with zero attached hydrogens (tertiary/aromatic N) is 2. The summed E-state index contributed by atoms with van der Waals surface area (Å²) >= 11 is 0. The van der Waals surface area contributed by atoms with Gasteiger partial charge in [-0.1, -0.05) is 6.07 Å². The molecule has 0 radical (unpaired) electrons. The van der Waals surface area contributed by atoms with E-state index in [0.29, 0.717) is 31.7 Å². The van der Waals surface area contributed by atoms with Crippen LogP contribution in [0.4, 0.5) is 5.69 Å². The Morgan fingerprint density at radius 3 is 2.74 bits per heavy atom. The van der Waals surface area contributed by atoms with E-state index in [1.54, 1.807) is 7.11 Å². The van der Waals surface area contributed by atoms with Crippen molar-refractivity contribution in [3.8, 4) is 5.88 Å². The monoisotopic (exact) mass is 467 g/mol. The zero-order valence-electron chi connectivity index (χ0n) is 20.7. The van der Waals surface area contributed by atoms with Crippen LogP contribution < -0.4 is 15.0 Å². The first-order valence-electron chi connectivity index (χ1n) is 12.5. The van der Waals surface area contributed by atoms with Gasteiger partial charge in [0.15, 0.2) is 0 Å². The van der Waals surface area contributed by atoms with E-state index < -0.39 is 0 Å². The number of aromatic nitrogens is 1. The molecule has 0 aliphatic carbocycles. The Morgan fingerprint density at radius 1 is 1.15 bits per heavy atom. The fourth-order valence-corrected chi connectivity index (χ4v) is 5.12. The first kappa shape index (κ1) is 24.5. The molecule has 1 amide bonds. The van der Waals surface area contributed by atoms with E-state index >= 15 is 0 Å². The van der Waals surface area contributed by atoms with Gasteiger partial charge < -0.3 is 24.4 Å². The Morgan fingerprint density at radius 2 is 1.97 bits per heavy atom. The Balaban J connectivity index is 1.68. The van der Waals surface area contributed by atoms with Crippen molar-refractivity contribution in [3.05, 3.63) is 52.2 Å². The molecule has 3 heterocycles. The van der Waals surface area contributed by atoms with Crippen LogP contribution in [0.3, 0.4) is 0 Å². The van der Waals surface area contributed by atoms with Crippen LogP contribution in [-0.4, -0.2) is 50.4 Å². The topological polar surface area (TPSA) is 72.9 Å². The molecule has 1 fully saturated rings. The highest BCUT2D eigenvalue weighted by Gasteiger charge is 2.25. The number of carbonyl (C=O) groups excluding carboxylic acids is 1. The van der Waals surface area contributed by atoms with E-state index in [1.807, 2.05) is 25.1 Å². The summed E-state index contributed by atoms with van der Waals surface area (Å²) in [6.07, 6.45) is 4.78. The zero-order chi connectivity index (χ0) is 23.9. The molecular formula is C27H37N3O4. The van der Waals surface area contributed by atoms with Crippen molar-refractivity contribution < 1.29 is 19.0 Å². The summed E-state index contributed by atoms with van der Waals surface area (Å²) in [4.78, 5) is 20.5. The number of nitrogens with one attached hydrogen (secondary N) is 1. The lowest BCUT2D eigenvalue weighted by atomic mass is 9.96. The van der Waals surface area contributed by atoms with Crippen LogP contribution >= 0.6 is 0 Å². The van der Waals surface area contributed by atoms with Gasteiger partial charge in [0, 0.05) is 61.5 Å². The van der Waals surface area contributed by atoms with Gasteiger partial charge in [0.1, 0.15) is 0 Å². The molecule has 2 aliphatic rings. The zero-order valence-corrected chi connectivity index (χ0v) is 20.7. The standard InChI is InChI=1S/C27H37N3O4/c1-4-30(21-11-14-33-15-12-21)25-10-7-9-23-22(25)8-5-6-13-34-18-20-16-19(2)29-27(32-3)24(20)17-28-26(23)31/h7,9-10,16,21H,4-6,8,11-15,17-18H2,1-3H3,(H,28,31). The summed E-state index contributed by atoms with van der Waals surface area (Å²) in [7, 11) is 1.61. The number of fused-ring (bicyclic) bond motifs is 2. The second-order valence-corrected chi connectivity index (χ2v) is 9.04. The van der Waals surface area contributed by atoms with Gasteiger partial charge in [-0.2, -0.15) is 0 Å². The minimum atomic E-state index is -0.0615. The Bertz CT molecular complexity index is 988. The van der Waals surface area contributed by atoms with Crippen LogP contribution in [0, 0.1) is 6.92 Å². The summed E-state index contributed by atoms with van der Waals surface area (Å²) in [5.74, 6) is 0.480. The molecule has 1 N–H and O–H groups in total. The number of methoxy groups -OCH3 is 1. The molecule has 4 rings (SSSR count). The van der Waals surface area contributed by atoms with E-state index in [9.17, 15) is 4.79 Å². The first-order valence-corrected chi connectivity index (χ1v) is 12.5. The van der Waals surface area contributed by atoms with Crippen LogP contribution in [0.15, 0.2) is 24.3 Å². The molecule has 7 nitrogen and oxygen atoms in total. The van der Waals surface area contributed by atoms with E-state index in [0.717, 1.165) is 79.8 Å². The molecule has 1 saturated heterocycles. The van der Waals surface area contributed by atoms with Gasteiger partial charge in [0.25, 0.3) is 5.91 Å². The number of rotatable bonds is 4. The lowest BCUT2D eigenvalue weighted by Crippen LogP contribution is -2.40. The van der Waals surface area contributed by atoms with Crippen LogP contribution in [0.5, 0.6) is 5.88 Å². The summed E-state index contributed by atoms with van der Waals surface area (Å²) in [5, 5.41) is 3.14. The Labute approximate surface area is 202 Å². The van der Waals surface area contributed by atoms with Crippen molar-refractivity contribution in [1.82, 2.24) is 10.3 Å². The van der Waals surface area contributed by atoms with E-state index in [2.05, 4.69) is 28.2 Å². The predicted molar refractivity (Wildman–Crippen MR) is 133 cm³/mol. The molecule has 184 valence electrons. The maximum Gasteiger partial charge on any atom is 0.251 e. The fourth-order valence-electron chi connectivity index (χ4n) is 5.12. The minimum absolute atomic E-state index is 0.0615. The molecule has 0 saturated carbocycles. The van der Waals surface area contributed by atoms with Gasteiger partial charge in [0.2, 0.25) is 5.88 Å². The summed E-state index contributed by atoms with van der Waals surface area (Å²) in [5.41, 5.74) is 5.81. The maximum atomic E-state index is 13.5. The second-order valence-electron chi connectivity index (χ2n) is 9.04. The number of anilines is 1. The maximum absolute atomic E-state index is 13.5. The molecule has 2 aromatic rings. The summed E-state index contributed by atoms with van der Waals surface area (Å²) < 4.78 is 17.2. The summed E-state index contributed by atoms with van der Waals surface area (Å²) in [6, 6.07) is 8.59. The SMILES string of the molecule is CCN(c1cccc2c1CCCCOCc1cc(C)nc(OC)c1CNC2=O)C1CCOCC1. The second kappa shape index (κ2) is 11.7. The molecule has 0 atom stereocenters. The first-order chi connectivity index (χ1) is 16.6. The van der Waals surface area contributed by atoms with Gasteiger partial charge >= 0.3 is 0 Å². The molecule has 7 heteroatoms. The highest BCUT2D eigenvalue weighted by molar-refractivity contribution is 5.97. The molecule has 0 spiro atoms. The van der Waals surface area contributed by atoms with Crippen LogP contribution in [0.25, 0.3) is 0 Å². The smallest absolute Gasteiger partial charge is 0.251 e. The lowest BCUT2D eigenvalue weighted by molar-refractivity contribution is 0.0845. The largest absolute Gasteiger partial charge is 0.481 e. The van der Waals surface area contributed by atoms with Gasteiger partial charge in [-0.05, 0) is 75.3 Å². The number of aryl methyl sites for hydroxylation is 1. The molecule has 34 heavy (non-hydrogen) atoms. The third-order valence-electron chi connectivity index (χ3n) is 6.83. The number of amides is 1. The van der Waals surface area contributed by atoms with E-state index in [1.165, 1.54) is 5.69 Å². The van der Waals surface area contributed by atoms with E-state index in [4.69, 9.17) is 14.2 Å². The van der Waals surface area contributed by atoms with Crippen molar-refractivity contribution in [1.29, 1.82) is 0 Å². The molecule has 0 bridgehead atoms. The quantitative estimate of drug-likeness (QED) is 0.727. The highest BCUT2D eigenvalue weighted by atomic mass is 16.5. The predicted octanol–water partition coefficient (Wildman–Crippen LogP) is 4.19. The Hall–Kier alpha value is -2.64. The van der Waals surface area contributed by atoms with Crippen LogP contribution in [-0.2, 0) is 29.0 Å². The average molecular weight is 468 g/mol. The van der Waals surface area contributed by atoms with Crippen molar-refractivity contribution in [2.75, 3.05) is 38.4 Å². The number of carbonyl (C=O) groups is 1. The molecule has 1 aromatic heterocycles. The minimum Gasteiger partial charge on any atom is -0.481 e. The number of ether oxygens (including phenoxy) is 3. The summed E-state index contributed by atoms with van der Waals surface area (Å²) in [6.45, 7) is 8.14. The van der Waals surface area contributed by atoms with Crippen LogP contribution in [0.2, 0.25) is 0 Å². The van der Waals surface area contributed by atoms with Crippen molar-refractivity contribution >= 4 is 11.6 Å². The van der Waals surface area contributed by atoms with E-state index in [-0.39, 0.29) is 5.91 Å². The number of hydrogen-bond donors (Lipinski definition) is 1. The normalized spacial score (nSPS) is 17.9. The van der Waals surface area contributed by atoms with Crippen molar-refractivity contribution in [2.45, 2.75) is 65.1 Å². The third kappa shape index (κ3) is 5.53. The number of hydrogen-bond acceptors (Lipinski definition) is 6. The fraction of sp³-hybridized carbons (Fsp3) is 0.556. The van der Waals surface area contributed by atoms with Crippen LogP contribution in [0.1, 0.15) is 65.3 Å².